The highest BCUT2D eigenvalue weighted by molar-refractivity contribution is 5.16. The highest BCUT2D eigenvalue weighted by Crippen LogP contribution is 2.36. The van der Waals surface area contributed by atoms with Gasteiger partial charge in [-0.1, -0.05) is 30.3 Å². The molecule has 0 N–H and O–H groups in total. The third-order valence-electron chi connectivity index (χ3n) is 4.12. The smallest absolute Gasteiger partial charge is 0.191 e. The lowest BCUT2D eigenvalue weighted by Crippen LogP contribution is -2.61. The summed E-state index contributed by atoms with van der Waals surface area (Å²) < 4.78 is 47.8. The van der Waals surface area contributed by atoms with Crippen molar-refractivity contribution < 1.29 is 32.8 Å². The maximum atomic E-state index is 14.7. The monoisotopic (exact) mass is 342 g/mol. The first-order chi connectivity index (χ1) is 11.7. The Morgan fingerprint density at radius 1 is 1.21 bits per heavy atom. The van der Waals surface area contributed by atoms with Gasteiger partial charge in [-0.3, -0.25) is 0 Å². The topological polar surface area (TPSA) is 55.4 Å². The van der Waals surface area contributed by atoms with Gasteiger partial charge < -0.3 is 28.4 Å². The van der Waals surface area contributed by atoms with Crippen LogP contribution in [0.1, 0.15) is 18.8 Å². The molecule has 6 atom stereocenters. The van der Waals surface area contributed by atoms with Crippen molar-refractivity contribution in [3.63, 3.8) is 0 Å². The molecule has 2 heterocycles. The summed E-state index contributed by atoms with van der Waals surface area (Å²) in [5, 5.41) is 0. The zero-order chi connectivity index (χ0) is 16.9. The minimum Gasteiger partial charge on any atom is -0.356 e. The molecule has 134 valence electrons. The van der Waals surface area contributed by atoms with Gasteiger partial charge in [0.1, 0.15) is 25.1 Å². The average Bonchev–Trinajstić information content (AvgIpc) is 2.63. The van der Waals surface area contributed by atoms with Crippen molar-refractivity contribution in [2.75, 3.05) is 27.1 Å². The first kappa shape index (κ1) is 17.7. The quantitative estimate of drug-likeness (QED) is 0.583. The number of hydrogen-bond donors (Lipinski definition) is 0. The van der Waals surface area contributed by atoms with Crippen LogP contribution in [0.15, 0.2) is 30.3 Å². The predicted octanol–water partition coefficient (Wildman–Crippen LogP) is 2.19. The van der Waals surface area contributed by atoms with E-state index in [9.17, 15) is 4.39 Å². The lowest BCUT2D eigenvalue weighted by atomic mass is 9.98. The van der Waals surface area contributed by atoms with Crippen LogP contribution < -0.4 is 0 Å². The van der Waals surface area contributed by atoms with E-state index >= 15 is 0 Å². The van der Waals surface area contributed by atoms with Crippen LogP contribution in [0.5, 0.6) is 0 Å². The molecule has 2 fully saturated rings. The Morgan fingerprint density at radius 3 is 2.71 bits per heavy atom. The van der Waals surface area contributed by atoms with Crippen LogP contribution >= 0.6 is 0 Å². The van der Waals surface area contributed by atoms with Crippen LogP contribution in [-0.2, 0) is 28.4 Å². The van der Waals surface area contributed by atoms with E-state index in [-0.39, 0.29) is 13.4 Å². The molecule has 0 radical (unpaired) electrons. The molecule has 0 saturated carbocycles. The lowest BCUT2D eigenvalue weighted by Gasteiger charge is -2.46. The summed E-state index contributed by atoms with van der Waals surface area (Å²) in [4.78, 5) is 0. The number of alkyl halides is 1. The lowest BCUT2D eigenvalue weighted by molar-refractivity contribution is -0.359. The van der Waals surface area contributed by atoms with Gasteiger partial charge in [0.2, 0.25) is 0 Å². The molecular weight excluding hydrogens is 319 g/mol. The SMILES string of the molecule is CCOCO[C@@H]1C(F)[C@H](OC)O[C@@H]2COC(c3ccccc3)OC12. The summed E-state index contributed by atoms with van der Waals surface area (Å²) in [6.07, 6.45) is -5.00. The predicted molar refractivity (Wildman–Crippen MR) is 81.9 cm³/mol. The van der Waals surface area contributed by atoms with Crippen LogP contribution in [0.2, 0.25) is 0 Å². The number of benzene rings is 1. The molecular formula is C17H23FO6. The van der Waals surface area contributed by atoms with Gasteiger partial charge in [-0.05, 0) is 6.92 Å². The summed E-state index contributed by atoms with van der Waals surface area (Å²) in [5.41, 5.74) is 0.865. The number of fused-ring (bicyclic) bond motifs is 1. The van der Waals surface area contributed by atoms with Crippen molar-refractivity contribution in [1.29, 1.82) is 0 Å². The molecule has 0 aliphatic carbocycles. The van der Waals surface area contributed by atoms with Gasteiger partial charge in [-0.15, -0.1) is 0 Å². The van der Waals surface area contributed by atoms with Crippen LogP contribution in [0.4, 0.5) is 4.39 Å². The fourth-order valence-corrected chi connectivity index (χ4v) is 2.90. The molecule has 2 aliphatic heterocycles. The number of methoxy groups -OCH3 is 1. The molecule has 0 bridgehead atoms. The van der Waals surface area contributed by atoms with Gasteiger partial charge in [-0.25, -0.2) is 4.39 Å². The molecule has 24 heavy (non-hydrogen) atoms. The zero-order valence-corrected chi connectivity index (χ0v) is 13.8. The fourth-order valence-electron chi connectivity index (χ4n) is 2.90. The summed E-state index contributed by atoms with van der Waals surface area (Å²) in [7, 11) is 1.40. The molecule has 6 nitrogen and oxygen atoms in total. The van der Waals surface area contributed by atoms with Gasteiger partial charge in [0.25, 0.3) is 0 Å². The minimum absolute atomic E-state index is 0.0124. The molecule has 7 heteroatoms. The van der Waals surface area contributed by atoms with Crippen molar-refractivity contribution in [3.05, 3.63) is 35.9 Å². The van der Waals surface area contributed by atoms with Crippen LogP contribution in [0.3, 0.4) is 0 Å². The Labute approximate surface area is 140 Å². The van der Waals surface area contributed by atoms with E-state index in [0.717, 1.165) is 5.56 Å². The highest BCUT2D eigenvalue weighted by atomic mass is 19.1. The van der Waals surface area contributed by atoms with Crippen molar-refractivity contribution in [3.8, 4) is 0 Å². The van der Waals surface area contributed by atoms with E-state index in [1.165, 1.54) is 7.11 Å². The molecule has 1 aromatic rings. The standard InChI is InChI=1S/C17H23FO6/c1-3-20-10-22-15-13(18)17(19-2)23-12-9-21-16(24-14(12)15)11-7-5-4-6-8-11/h4-8,12-17H,3,9-10H2,1-2H3/t12-,13?,14?,15-,16?,17-/m1/s1. The first-order valence-corrected chi connectivity index (χ1v) is 8.08. The summed E-state index contributed by atoms with van der Waals surface area (Å²) in [5.74, 6) is 0. The van der Waals surface area contributed by atoms with Gasteiger partial charge >= 0.3 is 0 Å². The fraction of sp³-hybridized carbons (Fsp3) is 0.647. The van der Waals surface area contributed by atoms with E-state index in [1.807, 2.05) is 37.3 Å². The van der Waals surface area contributed by atoms with Gasteiger partial charge in [0, 0.05) is 19.3 Å². The normalized spacial score (nSPS) is 36.3. The van der Waals surface area contributed by atoms with E-state index in [1.54, 1.807) is 0 Å². The number of halogens is 1. The molecule has 3 unspecified atom stereocenters. The summed E-state index contributed by atoms with van der Waals surface area (Å²) in [6, 6.07) is 9.50. The third-order valence-corrected chi connectivity index (χ3v) is 4.12. The van der Waals surface area contributed by atoms with Crippen LogP contribution in [0.25, 0.3) is 0 Å². The Kier molecular flexibility index (Phi) is 6.15. The first-order valence-electron chi connectivity index (χ1n) is 8.08. The summed E-state index contributed by atoms with van der Waals surface area (Å²) in [6.45, 7) is 2.59. The second-order valence-electron chi connectivity index (χ2n) is 5.64. The molecule has 1 aromatic carbocycles. The molecule has 2 aliphatic rings. The number of hydrogen-bond acceptors (Lipinski definition) is 6. The van der Waals surface area contributed by atoms with Crippen LogP contribution in [-0.4, -0.2) is 57.9 Å². The molecule has 3 rings (SSSR count). The minimum atomic E-state index is -1.48. The largest absolute Gasteiger partial charge is 0.356 e. The van der Waals surface area contributed by atoms with Crippen molar-refractivity contribution in [2.24, 2.45) is 0 Å². The van der Waals surface area contributed by atoms with Crippen LogP contribution in [0, 0.1) is 0 Å². The molecule has 0 spiro atoms. The highest BCUT2D eigenvalue weighted by Gasteiger charge is 2.51. The zero-order valence-electron chi connectivity index (χ0n) is 13.8. The van der Waals surface area contributed by atoms with E-state index in [2.05, 4.69) is 0 Å². The van der Waals surface area contributed by atoms with E-state index < -0.39 is 37.1 Å². The Hall–Kier alpha value is -1.09. The maximum Gasteiger partial charge on any atom is 0.191 e. The second kappa shape index (κ2) is 8.33. The van der Waals surface area contributed by atoms with Crippen molar-refractivity contribution in [1.82, 2.24) is 0 Å². The third kappa shape index (κ3) is 3.77. The Bertz CT molecular complexity index is 501. The van der Waals surface area contributed by atoms with E-state index in [0.29, 0.717) is 6.61 Å². The van der Waals surface area contributed by atoms with Crippen molar-refractivity contribution in [2.45, 2.75) is 44.0 Å². The Balaban J connectivity index is 1.73. The molecule has 2 saturated heterocycles. The average molecular weight is 342 g/mol. The molecule has 0 amide bonds. The maximum absolute atomic E-state index is 14.7. The Morgan fingerprint density at radius 2 is 2.00 bits per heavy atom. The van der Waals surface area contributed by atoms with Gasteiger partial charge in [0.15, 0.2) is 18.8 Å². The number of ether oxygens (including phenoxy) is 6. The summed E-state index contributed by atoms with van der Waals surface area (Å²) >= 11 is 0. The number of rotatable bonds is 6. The van der Waals surface area contributed by atoms with Gasteiger partial charge in [-0.2, -0.15) is 0 Å². The molecule has 0 aromatic heterocycles. The van der Waals surface area contributed by atoms with E-state index in [4.69, 9.17) is 28.4 Å². The second-order valence-corrected chi connectivity index (χ2v) is 5.64. The van der Waals surface area contributed by atoms with Crippen molar-refractivity contribution >= 4 is 0 Å². The van der Waals surface area contributed by atoms with Gasteiger partial charge in [0.05, 0.1) is 6.61 Å².